The minimum absolute atomic E-state index is 0.0534. The summed E-state index contributed by atoms with van der Waals surface area (Å²) in [5.41, 5.74) is 8.36. The van der Waals surface area contributed by atoms with E-state index in [2.05, 4.69) is 43.0 Å². The van der Waals surface area contributed by atoms with Gasteiger partial charge in [-0.3, -0.25) is 4.90 Å². The monoisotopic (exact) mass is 384 g/mol. The van der Waals surface area contributed by atoms with Crippen LogP contribution in [0.15, 0.2) is 60.7 Å². The number of nitrogens with zero attached hydrogens (tertiary/aromatic N) is 1. The smallest absolute Gasteiger partial charge is 0.337 e. The maximum atomic E-state index is 10.6. The normalized spacial score (nSPS) is 16.7. The first-order valence-corrected chi connectivity index (χ1v) is 9.74. The second kappa shape index (κ2) is 10.4. The van der Waals surface area contributed by atoms with Crippen LogP contribution in [0.2, 0.25) is 0 Å². The van der Waals surface area contributed by atoms with Gasteiger partial charge in [0, 0.05) is 18.7 Å². The van der Waals surface area contributed by atoms with Gasteiger partial charge < -0.3 is 15.6 Å². The SMILES string of the molecule is CC(C)([C@H](N)c1ccccc1)N1CCCC1.CO[C@@H](C(=O)O)c1ccccc1. The van der Waals surface area contributed by atoms with Crippen molar-refractivity contribution < 1.29 is 14.6 Å². The molecule has 0 aromatic heterocycles. The molecule has 3 rings (SSSR count). The molecule has 2 atom stereocenters. The third-order valence-electron chi connectivity index (χ3n) is 5.40. The summed E-state index contributed by atoms with van der Waals surface area (Å²) in [6, 6.07) is 19.4. The van der Waals surface area contributed by atoms with E-state index in [4.69, 9.17) is 15.6 Å². The summed E-state index contributed by atoms with van der Waals surface area (Å²) in [6.07, 6.45) is 1.77. The molecule has 0 unspecified atom stereocenters. The Labute approximate surface area is 168 Å². The molecule has 1 heterocycles. The standard InChI is InChI=1S/C14H22N2.C9H10O3/c1-14(2,16-10-6-7-11-16)13(15)12-8-4-3-5-9-12;1-12-8(9(10)11)7-5-3-2-4-6-7/h3-5,8-9,13H,6-7,10-11,15H2,1-2H3;2-6,8H,1H3,(H,10,11)/t13-;8-/m11/s1. The van der Waals surface area contributed by atoms with E-state index < -0.39 is 12.1 Å². The van der Waals surface area contributed by atoms with Gasteiger partial charge in [-0.05, 0) is 50.9 Å². The van der Waals surface area contributed by atoms with E-state index in [0.29, 0.717) is 5.56 Å². The Hall–Kier alpha value is -2.21. The lowest BCUT2D eigenvalue weighted by Gasteiger charge is -2.40. The number of nitrogens with two attached hydrogens (primary N) is 1. The molecule has 0 spiro atoms. The van der Waals surface area contributed by atoms with Crippen LogP contribution in [0.1, 0.15) is 50.0 Å². The largest absolute Gasteiger partial charge is 0.479 e. The van der Waals surface area contributed by atoms with Gasteiger partial charge in [-0.15, -0.1) is 0 Å². The fourth-order valence-corrected chi connectivity index (χ4v) is 3.57. The molecular weight excluding hydrogens is 352 g/mol. The Morgan fingerprint density at radius 2 is 1.46 bits per heavy atom. The number of methoxy groups -OCH3 is 1. The number of carboxylic acid groups (broad SMARTS) is 1. The fourth-order valence-electron chi connectivity index (χ4n) is 3.57. The van der Waals surface area contributed by atoms with Crippen molar-refractivity contribution in [3.8, 4) is 0 Å². The summed E-state index contributed by atoms with van der Waals surface area (Å²) >= 11 is 0. The number of carbonyl (C=O) groups is 1. The average Bonchev–Trinajstić information content (AvgIpc) is 3.25. The lowest BCUT2D eigenvalue weighted by atomic mass is 9.88. The maximum Gasteiger partial charge on any atom is 0.337 e. The number of benzene rings is 2. The Balaban J connectivity index is 0.000000209. The molecule has 1 saturated heterocycles. The molecule has 0 saturated carbocycles. The van der Waals surface area contributed by atoms with Gasteiger partial charge in [0.2, 0.25) is 0 Å². The topological polar surface area (TPSA) is 75.8 Å². The van der Waals surface area contributed by atoms with Crippen LogP contribution < -0.4 is 5.73 Å². The molecule has 0 aliphatic carbocycles. The lowest BCUT2D eigenvalue weighted by Crippen LogP contribution is -2.49. The van der Waals surface area contributed by atoms with Crippen LogP contribution in [0, 0.1) is 0 Å². The molecule has 1 fully saturated rings. The number of likely N-dealkylation sites (tertiary alicyclic amines) is 1. The minimum atomic E-state index is -0.969. The predicted molar refractivity (Wildman–Crippen MR) is 112 cm³/mol. The summed E-state index contributed by atoms with van der Waals surface area (Å²) < 4.78 is 4.80. The van der Waals surface area contributed by atoms with Crippen molar-refractivity contribution in [1.82, 2.24) is 4.90 Å². The van der Waals surface area contributed by atoms with Crippen molar-refractivity contribution in [2.24, 2.45) is 5.73 Å². The Bertz CT molecular complexity index is 713. The highest BCUT2D eigenvalue weighted by molar-refractivity contribution is 5.74. The number of hydrogen-bond donors (Lipinski definition) is 2. The first-order valence-electron chi connectivity index (χ1n) is 9.74. The zero-order valence-corrected chi connectivity index (χ0v) is 17.0. The molecule has 1 aliphatic heterocycles. The summed E-state index contributed by atoms with van der Waals surface area (Å²) in [6.45, 7) is 6.90. The average molecular weight is 385 g/mol. The summed E-state index contributed by atoms with van der Waals surface area (Å²) in [5, 5.41) is 8.70. The highest BCUT2D eigenvalue weighted by atomic mass is 16.5. The summed E-state index contributed by atoms with van der Waals surface area (Å²) in [4.78, 5) is 13.1. The van der Waals surface area contributed by atoms with E-state index in [1.165, 1.54) is 38.6 Å². The van der Waals surface area contributed by atoms with Crippen LogP contribution in [0.4, 0.5) is 0 Å². The molecule has 5 nitrogen and oxygen atoms in total. The minimum Gasteiger partial charge on any atom is -0.479 e. The van der Waals surface area contributed by atoms with Gasteiger partial charge in [0.15, 0.2) is 6.10 Å². The zero-order chi connectivity index (χ0) is 20.6. The molecule has 0 radical (unpaired) electrons. The number of carboxylic acids is 1. The van der Waals surface area contributed by atoms with Gasteiger partial charge in [-0.1, -0.05) is 60.7 Å². The molecule has 2 aromatic carbocycles. The van der Waals surface area contributed by atoms with Crippen molar-refractivity contribution >= 4 is 5.97 Å². The van der Waals surface area contributed by atoms with Gasteiger partial charge >= 0.3 is 5.97 Å². The predicted octanol–water partition coefficient (Wildman–Crippen LogP) is 4.02. The van der Waals surface area contributed by atoms with Crippen LogP contribution in [0.25, 0.3) is 0 Å². The van der Waals surface area contributed by atoms with Gasteiger partial charge in [-0.2, -0.15) is 0 Å². The highest BCUT2D eigenvalue weighted by Crippen LogP contribution is 2.31. The van der Waals surface area contributed by atoms with Crippen LogP contribution >= 0.6 is 0 Å². The van der Waals surface area contributed by atoms with Crippen LogP contribution in [0.5, 0.6) is 0 Å². The molecule has 28 heavy (non-hydrogen) atoms. The fraction of sp³-hybridized carbons (Fsp3) is 0.435. The molecule has 1 aliphatic rings. The lowest BCUT2D eigenvalue weighted by molar-refractivity contribution is -0.148. The van der Waals surface area contributed by atoms with E-state index in [1.807, 2.05) is 12.1 Å². The van der Waals surface area contributed by atoms with Crippen LogP contribution in [-0.2, 0) is 9.53 Å². The van der Waals surface area contributed by atoms with E-state index in [-0.39, 0.29) is 11.6 Å². The third-order valence-corrected chi connectivity index (χ3v) is 5.40. The van der Waals surface area contributed by atoms with Crippen molar-refractivity contribution in [1.29, 1.82) is 0 Å². The van der Waals surface area contributed by atoms with E-state index >= 15 is 0 Å². The third kappa shape index (κ3) is 5.64. The second-order valence-corrected chi connectivity index (χ2v) is 7.60. The van der Waals surface area contributed by atoms with E-state index in [9.17, 15) is 4.79 Å². The molecule has 5 heteroatoms. The highest BCUT2D eigenvalue weighted by Gasteiger charge is 2.35. The van der Waals surface area contributed by atoms with Crippen LogP contribution in [0.3, 0.4) is 0 Å². The van der Waals surface area contributed by atoms with Crippen molar-refractivity contribution in [2.75, 3.05) is 20.2 Å². The molecule has 3 N–H and O–H groups in total. The molecule has 0 bridgehead atoms. The Kier molecular flexibility index (Phi) is 8.18. The summed E-state index contributed by atoms with van der Waals surface area (Å²) in [5.74, 6) is -0.969. The van der Waals surface area contributed by atoms with Crippen molar-refractivity contribution in [2.45, 2.75) is 44.4 Å². The zero-order valence-electron chi connectivity index (χ0n) is 17.0. The Morgan fingerprint density at radius 3 is 1.89 bits per heavy atom. The number of rotatable bonds is 6. The van der Waals surface area contributed by atoms with Crippen LogP contribution in [-0.4, -0.2) is 41.7 Å². The van der Waals surface area contributed by atoms with Crippen molar-refractivity contribution in [3.05, 3.63) is 71.8 Å². The number of ether oxygens (including phenoxy) is 1. The maximum absolute atomic E-state index is 10.6. The molecular formula is C23H32N2O3. The summed E-state index contributed by atoms with van der Waals surface area (Å²) in [7, 11) is 1.38. The first-order chi connectivity index (χ1) is 13.4. The molecule has 2 aromatic rings. The van der Waals surface area contributed by atoms with Gasteiger partial charge in [0.1, 0.15) is 0 Å². The van der Waals surface area contributed by atoms with Gasteiger partial charge in [-0.25, -0.2) is 4.79 Å². The van der Waals surface area contributed by atoms with Gasteiger partial charge in [0.05, 0.1) is 0 Å². The quantitative estimate of drug-likeness (QED) is 0.787. The molecule has 0 amide bonds. The Morgan fingerprint density at radius 1 is 1.00 bits per heavy atom. The number of aliphatic carboxylic acids is 1. The first kappa shape index (κ1) is 22.1. The van der Waals surface area contributed by atoms with E-state index in [0.717, 1.165) is 0 Å². The molecule has 152 valence electrons. The van der Waals surface area contributed by atoms with Crippen molar-refractivity contribution in [3.63, 3.8) is 0 Å². The van der Waals surface area contributed by atoms with E-state index in [1.54, 1.807) is 24.3 Å². The van der Waals surface area contributed by atoms with Gasteiger partial charge in [0.25, 0.3) is 0 Å². The second-order valence-electron chi connectivity index (χ2n) is 7.60. The number of hydrogen-bond acceptors (Lipinski definition) is 4.